The summed E-state index contributed by atoms with van der Waals surface area (Å²) < 4.78 is 0. The predicted molar refractivity (Wildman–Crippen MR) is 91.0 cm³/mol. The monoisotopic (exact) mass is 298 g/mol. The van der Waals surface area contributed by atoms with Gasteiger partial charge in [-0.25, -0.2) is 0 Å². The Labute approximate surface area is 131 Å². The standard InChI is InChI=1S/C19H22OS/c1-3-4-10-19(20)17-11-13-18(14-12-17)21-15(2)16-8-6-5-7-9-16/h5-9,11-15H,3-4,10H2,1-2H3. The van der Waals surface area contributed by atoms with Crippen LogP contribution in [0.15, 0.2) is 59.5 Å². The van der Waals surface area contributed by atoms with Crippen molar-refractivity contribution in [3.63, 3.8) is 0 Å². The van der Waals surface area contributed by atoms with E-state index in [0.29, 0.717) is 11.7 Å². The molecule has 21 heavy (non-hydrogen) atoms. The van der Waals surface area contributed by atoms with Crippen LogP contribution in [0.25, 0.3) is 0 Å². The van der Waals surface area contributed by atoms with Crippen molar-refractivity contribution in [1.29, 1.82) is 0 Å². The molecule has 0 heterocycles. The third kappa shape index (κ3) is 4.75. The Morgan fingerprint density at radius 3 is 2.33 bits per heavy atom. The molecule has 110 valence electrons. The van der Waals surface area contributed by atoms with Crippen LogP contribution in [0.4, 0.5) is 0 Å². The average Bonchev–Trinajstić information content (AvgIpc) is 2.54. The molecule has 0 saturated carbocycles. The van der Waals surface area contributed by atoms with Gasteiger partial charge in [-0.2, -0.15) is 0 Å². The molecule has 1 atom stereocenters. The molecule has 0 aliphatic carbocycles. The number of carbonyl (C=O) groups excluding carboxylic acids is 1. The first-order chi connectivity index (χ1) is 10.2. The largest absolute Gasteiger partial charge is 0.294 e. The Morgan fingerprint density at radius 1 is 1.05 bits per heavy atom. The normalized spacial score (nSPS) is 12.1. The maximum Gasteiger partial charge on any atom is 0.162 e. The summed E-state index contributed by atoms with van der Waals surface area (Å²) in [7, 11) is 0. The second-order valence-electron chi connectivity index (χ2n) is 5.22. The third-order valence-electron chi connectivity index (χ3n) is 3.52. The fourth-order valence-corrected chi connectivity index (χ4v) is 3.19. The minimum Gasteiger partial charge on any atom is -0.294 e. The molecule has 0 radical (unpaired) electrons. The van der Waals surface area contributed by atoms with Gasteiger partial charge in [-0.1, -0.05) is 55.8 Å². The van der Waals surface area contributed by atoms with E-state index in [0.717, 1.165) is 18.4 Å². The van der Waals surface area contributed by atoms with Crippen molar-refractivity contribution in [2.45, 2.75) is 43.3 Å². The first-order valence-corrected chi connectivity index (χ1v) is 8.43. The lowest BCUT2D eigenvalue weighted by Crippen LogP contribution is -1.98. The number of rotatable bonds is 7. The van der Waals surface area contributed by atoms with Crippen LogP contribution in [0.2, 0.25) is 0 Å². The summed E-state index contributed by atoms with van der Waals surface area (Å²) in [6.07, 6.45) is 2.69. The number of hydrogen-bond acceptors (Lipinski definition) is 2. The van der Waals surface area contributed by atoms with Crippen molar-refractivity contribution in [3.8, 4) is 0 Å². The molecule has 0 amide bonds. The van der Waals surface area contributed by atoms with Gasteiger partial charge in [0.05, 0.1) is 0 Å². The highest BCUT2D eigenvalue weighted by atomic mass is 32.2. The van der Waals surface area contributed by atoms with E-state index in [4.69, 9.17) is 0 Å². The van der Waals surface area contributed by atoms with Gasteiger partial charge in [0.2, 0.25) is 0 Å². The summed E-state index contributed by atoms with van der Waals surface area (Å²) in [6, 6.07) is 18.5. The molecule has 0 aromatic heterocycles. The van der Waals surface area contributed by atoms with Gasteiger partial charge in [-0.3, -0.25) is 4.79 Å². The Hall–Kier alpha value is -1.54. The van der Waals surface area contributed by atoms with Gasteiger partial charge >= 0.3 is 0 Å². The number of Topliss-reactive ketones (excluding diaryl/α,β-unsaturated/α-hetero) is 1. The van der Waals surface area contributed by atoms with E-state index in [1.807, 2.05) is 30.0 Å². The number of benzene rings is 2. The van der Waals surface area contributed by atoms with Crippen LogP contribution in [0.3, 0.4) is 0 Å². The number of unbranched alkanes of at least 4 members (excludes halogenated alkanes) is 1. The molecule has 0 spiro atoms. The molecule has 1 unspecified atom stereocenters. The summed E-state index contributed by atoms with van der Waals surface area (Å²) >= 11 is 1.82. The molecule has 0 N–H and O–H groups in total. The SMILES string of the molecule is CCCCC(=O)c1ccc(SC(C)c2ccccc2)cc1. The Kier molecular flexibility index (Phi) is 6.06. The predicted octanol–water partition coefficient (Wildman–Crippen LogP) is 5.91. The zero-order valence-electron chi connectivity index (χ0n) is 12.7. The highest BCUT2D eigenvalue weighted by Gasteiger charge is 2.08. The fraction of sp³-hybridized carbons (Fsp3) is 0.316. The minimum atomic E-state index is 0.254. The maximum atomic E-state index is 12.0. The van der Waals surface area contributed by atoms with Gasteiger partial charge in [0.25, 0.3) is 0 Å². The van der Waals surface area contributed by atoms with E-state index in [9.17, 15) is 4.79 Å². The summed E-state index contributed by atoms with van der Waals surface area (Å²) in [5.74, 6) is 0.254. The van der Waals surface area contributed by atoms with E-state index in [-0.39, 0.29) is 5.78 Å². The van der Waals surface area contributed by atoms with Gasteiger partial charge in [-0.05, 0) is 31.0 Å². The fourth-order valence-electron chi connectivity index (χ4n) is 2.20. The van der Waals surface area contributed by atoms with E-state index in [1.54, 1.807) is 0 Å². The summed E-state index contributed by atoms with van der Waals surface area (Å²) in [4.78, 5) is 13.2. The summed E-state index contributed by atoms with van der Waals surface area (Å²) in [5.41, 5.74) is 2.16. The number of thioether (sulfide) groups is 1. The van der Waals surface area contributed by atoms with Crippen molar-refractivity contribution in [3.05, 3.63) is 65.7 Å². The number of carbonyl (C=O) groups is 1. The Balaban J connectivity index is 1.98. The lowest BCUT2D eigenvalue weighted by atomic mass is 10.1. The Bertz CT molecular complexity index is 560. The first-order valence-electron chi connectivity index (χ1n) is 7.55. The average molecular weight is 298 g/mol. The van der Waals surface area contributed by atoms with Gasteiger partial charge < -0.3 is 0 Å². The van der Waals surface area contributed by atoms with Crippen molar-refractivity contribution < 1.29 is 4.79 Å². The van der Waals surface area contributed by atoms with Gasteiger partial charge in [0.1, 0.15) is 0 Å². The van der Waals surface area contributed by atoms with Crippen molar-refractivity contribution >= 4 is 17.5 Å². The number of hydrogen-bond donors (Lipinski definition) is 0. The summed E-state index contributed by atoms with van der Waals surface area (Å²) in [5, 5.41) is 0.410. The minimum absolute atomic E-state index is 0.254. The van der Waals surface area contributed by atoms with Crippen molar-refractivity contribution in [2.24, 2.45) is 0 Å². The van der Waals surface area contributed by atoms with Crippen molar-refractivity contribution in [2.75, 3.05) is 0 Å². The van der Waals surface area contributed by atoms with E-state index in [1.165, 1.54) is 10.5 Å². The van der Waals surface area contributed by atoms with Gasteiger partial charge in [-0.15, -0.1) is 11.8 Å². The van der Waals surface area contributed by atoms with Crippen LogP contribution in [0, 0.1) is 0 Å². The molecule has 0 bridgehead atoms. The van der Waals surface area contributed by atoms with Crippen LogP contribution in [0.1, 0.15) is 54.3 Å². The maximum absolute atomic E-state index is 12.0. The Morgan fingerprint density at radius 2 is 1.71 bits per heavy atom. The quantitative estimate of drug-likeness (QED) is 0.466. The molecule has 2 rings (SSSR count). The molecule has 2 aromatic carbocycles. The van der Waals surface area contributed by atoms with E-state index in [2.05, 4.69) is 50.2 Å². The zero-order chi connectivity index (χ0) is 15.1. The van der Waals surface area contributed by atoms with Crippen LogP contribution >= 0.6 is 11.8 Å². The molecule has 0 saturated heterocycles. The molecular formula is C19H22OS. The van der Waals surface area contributed by atoms with E-state index >= 15 is 0 Å². The molecule has 0 aliphatic heterocycles. The second-order valence-corrected chi connectivity index (χ2v) is 6.64. The first kappa shape index (κ1) is 15.8. The van der Waals surface area contributed by atoms with Crippen LogP contribution < -0.4 is 0 Å². The van der Waals surface area contributed by atoms with Gasteiger partial charge in [0.15, 0.2) is 5.78 Å². The second kappa shape index (κ2) is 8.04. The van der Waals surface area contributed by atoms with Crippen LogP contribution in [-0.2, 0) is 0 Å². The van der Waals surface area contributed by atoms with Crippen molar-refractivity contribution in [1.82, 2.24) is 0 Å². The third-order valence-corrected chi connectivity index (χ3v) is 4.69. The molecule has 2 aromatic rings. The number of ketones is 1. The molecule has 0 aliphatic rings. The van der Waals surface area contributed by atoms with Crippen LogP contribution in [0.5, 0.6) is 0 Å². The highest BCUT2D eigenvalue weighted by Crippen LogP contribution is 2.34. The zero-order valence-corrected chi connectivity index (χ0v) is 13.5. The lowest BCUT2D eigenvalue weighted by molar-refractivity contribution is 0.0979. The molecule has 2 heteroatoms. The van der Waals surface area contributed by atoms with Crippen LogP contribution in [-0.4, -0.2) is 5.78 Å². The topological polar surface area (TPSA) is 17.1 Å². The van der Waals surface area contributed by atoms with Gasteiger partial charge in [0, 0.05) is 22.1 Å². The smallest absolute Gasteiger partial charge is 0.162 e. The molecular weight excluding hydrogens is 276 g/mol. The highest BCUT2D eigenvalue weighted by molar-refractivity contribution is 7.99. The van der Waals surface area contributed by atoms with E-state index < -0.39 is 0 Å². The molecule has 1 nitrogen and oxygen atoms in total. The summed E-state index contributed by atoms with van der Waals surface area (Å²) in [6.45, 7) is 4.32. The lowest BCUT2D eigenvalue weighted by Gasteiger charge is -2.11. The molecule has 0 fully saturated rings.